The Morgan fingerprint density at radius 2 is 1.84 bits per heavy atom. The van der Waals surface area contributed by atoms with Crippen molar-refractivity contribution in [1.82, 2.24) is 5.32 Å². The number of ether oxygens (including phenoxy) is 1. The molecule has 0 saturated heterocycles. The molecule has 0 unspecified atom stereocenters. The maximum atomic E-state index is 11.4. The van der Waals surface area contributed by atoms with Crippen LogP contribution in [0, 0.1) is 0 Å². The fourth-order valence-electron chi connectivity index (χ4n) is 1.59. The number of unbranched alkanes of at least 4 members (excludes halogenated alkanes) is 2. The number of rotatable bonds is 8. The summed E-state index contributed by atoms with van der Waals surface area (Å²) in [5, 5.41) is 2.50. The molecular formula is C14H20N2O3. The molecule has 0 bridgehead atoms. The fourth-order valence-corrected chi connectivity index (χ4v) is 1.59. The van der Waals surface area contributed by atoms with Gasteiger partial charge in [0.05, 0.1) is 0 Å². The first-order valence-electron chi connectivity index (χ1n) is 6.41. The molecule has 0 saturated carbocycles. The Morgan fingerprint density at radius 3 is 2.53 bits per heavy atom. The predicted molar refractivity (Wildman–Crippen MR) is 72.3 cm³/mol. The first-order chi connectivity index (χ1) is 9.18. The third kappa shape index (κ3) is 7.81. The lowest BCUT2D eigenvalue weighted by atomic mass is 10.2. The highest BCUT2D eigenvalue weighted by Gasteiger charge is 2.03. The van der Waals surface area contributed by atoms with Gasteiger partial charge < -0.3 is 15.8 Å². The van der Waals surface area contributed by atoms with E-state index in [0.29, 0.717) is 19.6 Å². The van der Waals surface area contributed by atoms with Crippen LogP contribution in [0.25, 0.3) is 0 Å². The molecular weight excluding hydrogens is 244 g/mol. The second-order valence-corrected chi connectivity index (χ2v) is 4.25. The SMILES string of the molecule is NC(=O)NCCCCCC(=O)OCc1ccccc1. The van der Waals surface area contributed by atoms with E-state index in [1.807, 2.05) is 30.3 Å². The molecule has 19 heavy (non-hydrogen) atoms. The minimum Gasteiger partial charge on any atom is -0.461 e. The highest BCUT2D eigenvalue weighted by atomic mass is 16.5. The second-order valence-electron chi connectivity index (χ2n) is 4.25. The van der Waals surface area contributed by atoms with Crippen molar-refractivity contribution < 1.29 is 14.3 Å². The van der Waals surface area contributed by atoms with Crippen molar-refractivity contribution in [2.45, 2.75) is 32.3 Å². The third-order valence-corrected chi connectivity index (χ3v) is 2.60. The van der Waals surface area contributed by atoms with Gasteiger partial charge in [-0.15, -0.1) is 0 Å². The number of esters is 1. The van der Waals surface area contributed by atoms with E-state index in [1.165, 1.54) is 0 Å². The smallest absolute Gasteiger partial charge is 0.312 e. The summed E-state index contributed by atoms with van der Waals surface area (Å²) in [6.07, 6.45) is 2.84. The molecule has 0 atom stereocenters. The van der Waals surface area contributed by atoms with Crippen LogP contribution < -0.4 is 11.1 Å². The number of urea groups is 1. The van der Waals surface area contributed by atoms with Crippen LogP contribution in [0.15, 0.2) is 30.3 Å². The topological polar surface area (TPSA) is 81.4 Å². The Labute approximate surface area is 113 Å². The summed E-state index contributed by atoms with van der Waals surface area (Å²) in [4.78, 5) is 21.8. The molecule has 104 valence electrons. The summed E-state index contributed by atoms with van der Waals surface area (Å²) < 4.78 is 5.14. The second kappa shape index (κ2) is 8.97. The molecule has 1 aromatic rings. The zero-order chi connectivity index (χ0) is 13.9. The predicted octanol–water partition coefficient (Wildman–Crippen LogP) is 1.96. The summed E-state index contributed by atoms with van der Waals surface area (Å²) in [6, 6.07) is 9.07. The average Bonchev–Trinajstić information content (AvgIpc) is 2.41. The number of amides is 2. The van der Waals surface area contributed by atoms with Gasteiger partial charge in [0.15, 0.2) is 0 Å². The van der Waals surface area contributed by atoms with Gasteiger partial charge in [-0.3, -0.25) is 4.79 Å². The Balaban J connectivity index is 2.01. The van der Waals surface area contributed by atoms with Gasteiger partial charge in [0, 0.05) is 13.0 Å². The van der Waals surface area contributed by atoms with Crippen LogP contribution in [0.3, 0.4) is 0 Å². The maximum Gasteiger partial charge on any atom is 0.312 e. The fraction of sp³-hybridized carbons (Fsp3) is 0.429. The minimum absolute atomic E-state index is 0.188. The number of hydrogen-bond acceptors (Lipinski definition) is 3. The average molecular weight is 264 g/mol. The van der Waals surface area contributed by atoms with Crippen molar-refractivity contribution in [3.05, 3.63) is 35.9 Å². The molecule has 0 radical (unpaired) electrons. The summed E-state index contributed by atoms with van der Waals surface area (Å²) in [5.74, 6) is -0.188. The lowest BCUT2D eigenvalue weighted by Gasteiger charge is -2.05. The Morgan fingerprint density at radius 1 is 1.11 bits per heavy atom. The molecule has 0 spiro atoms. The van der Waals surface area contributed by atoms with Crippen LogP contribution in [0.2, 0.25) is 0 Å². The van der Waals surface area contributed by atoms with E-state index in [4.69, 9.17) is 10.5 Å². The summed E-state index contributed by atoms with van der Waals surface area (Å²) in [7, 11) is 0. The third-order valence-electron chi connectivity index (χ3n) is 2.60. The molecule has 0 aliphatic heterocycles. The van der Waals surface area contributed by atoms with Gasteiger partial charge in [-0.25, -0.2) is 4.79 Å². The summed E-state index contributed by atoms with van der Waals surface area (Å²) in [5.41, 5.74) is 5.91. The van der Waals surface area contributed by atoms with Gasteiger partial charge in [0.25, 0.3) is 0 Å². The van der Waals surface area contributed by atoms with Gasteiger partial charge in [0.2, 0.25) is 0 Å². The standard InChI is InChI=1S/C14H20N2O3/c15-14(18)16-10-6-2-5-9-13(17)19-11-12-7-3-1-4-8-12/h1,3-4,7-8H,2,5-6,9-11H2,(H3,15,16,18). The molecule has 0 aromatic heterocycles. The Hall–Kier alpha value is -2.04. The first kappa shape index (κ1) is 15.0. The van der Waals surface area contributed by atoms with Crippen molar-refractivity contribution >= 4 is 12.0 Å². The zero-order valence-electron chi connectivity index (χ0n) is 10.9. The zero-order valence-corrected chi connectivity index (χ0v) is 10.9. The molecule has 0 aliphatic carbocycles. The van der Waals surface area contributed by atoms with Gasteiger partial charge >= 0.3 is 12.0 Å². The quantitative estimate of drug-likeness (QED) is 0.556. The van der Waals surface area contributed by atoms with E-state index in [0.717, 1.165) is 24.8 Å². The van der Waals surface area contributed by atoms with Crippen molar-refractivity contribution in [2.75, 3.05) is 6.54 Å². The first-order valence-corrected chi connectivity index (χ1v) is 6.41. The molecule has 0 aliphatic rings. The summed E-state index contributed by atoms with van der Waals surface area (Å²) in [6.45, 7) is 0.872. The van der Waals surface area contributed by atoms with Gasteiger partial charge in [-0.05, 0) is 18.4 Å². The molecule has 1 rings (SSSR count). The van der Waals surface area contributed by atoms with E-state index in [-0.39, 0.29) is 5.97 Å². The molecule has 0 fully saturated rings. The minimum atomic E-state index is -0.512. The van der Waals surface area contributed by atoms with Crippen molar-refractivity contribution in [2.24, 2.45) is 5.73 Å². The number of benzene rings is 1. The number of nitrogens with one attached hydrogen (secondary N) is 1. The van der Waals surface area contributed by atoms with Crippen LogP contribution in [0.4, 0.5) is 4.79 Å². The highest BCUT2D eigenvalue weighted by Crippen LogP contribution is 2.04. The number of hydrogen-bond donors (Lipinski definition) is 2. The number of nitrogens with two attached hydrogens (primary N) is 1. The highest BCUT2D eigenvalue weighted by molar-refractivity contribution is 5.71. The van der Waals surface area contributed by atoms with Crippen molar-refractivity contribution in [3.63, 3.8) is 0 Å². The van der Waals surface area contributed by atoms with Crippen molar-refractivity contribution in [3.8, 4) is 0 Å². The molecule has 1 aromatic carbocycles. The van der Waals surface area contributed by atoms with E-state index >= 15 is 0 Å². The van der Waals surface area contributed by atoms with E-state index in [9.17, 15) is 9.59 Å². The van der Waals surface area contributed by atoms with Crippen LogP contribution in [0.1, 0.15) is 31.2 Å². The van der Waals surface area contributed by atoms with Crippen LogP contribution in [-0.2, 0) is 16.1 Å². The Kier molecular flexibility index (Phi) is 7.09. The summed E-state index contributed by atoms with van der Waals surface area (Å²) >= 11 is 0. The largest absolute Gasteiger partial charge is 0.461 e. The molecule has 3 N–H and O–H groups in total. The van der Waals surface area contributed by atoms with Crippen LogP contribution in [-0.4, -0.2) is 18.5 Å². The van der Waals surface area contributed by atoms with Gasteiger partial charge in [-0.2, -0.15) is 0 Å². The number of primary amides is 1. The lowest BCUT2D eigenvalue weighted by molar-refractivity contribution is -0.145. The van der Waals surface area contributed by atoms with Gasteiger partial charge in [-0.1, -0.05) is 36.8 Å². The van der Waals surface area contributed by atoms with E-state index in [2.05, 4.69) is 5.32 Å². The van der Waals surface area contributed by atoms with E-state index in [1.54, 1.807) is 0 Å². The maximum absolute atomic E-state index is 11.4. The lowest BCUT2D eigenvalue weighted by Crippen LogP contribution is -2.29. The van der Waals surface area contributed by atoms with Crippen molar-refractivity contribution in [1.29, 1.82) is 0 Å². The molecule has 5 nitrogen and oxygen atoms in total. The van der Waals surface area contributed by atoms with Crippen LogP contribution in [0.5, 0.6) is 0 Å². The molecule has 5 heteroatoms. The van der Waals surface area contributed by atoms with E-state index < -0.39 is 6.03 Å². The van der Waals surface area contributed by atoms with Crippen LogP contribution >= 0.6 is 0 Å². The molecule has 0 heterocycles. The number of carbonyl (C=O) groups excluding carboxylic acids is 2. The van der Waals surface area contributed by atoms with Gasteiger partial charge in [0.1, 0.15) is 6.61 Å². The normalized spacial score (nSPS) is 9.89. The molecule has 2 amide bonds. The monoisotopic (exact) mass is 264 g/mol. The Bertz CT molecular complexity index is 393. The number of carbonyl (C=O) groups is 2.